The van der Waals surface area contributed by atoms with E-state index in [0.29, 0.717) is 12.1 Å². The van der Waals surface area contributed by atoms with E-state index in [1.54, 1.807) is 12.1 Å². The van der Waals surface area contributed by atoms with Crippen LogP contribution in [0.1, 0.15) is 22.8 Å². The Balaban J connectivity index is 1.61. The lowest BCUT2D eigenvalue weighted by molar-refractivity contribution is 0.0951. The van der Waals surface area contributed by atoms with Crippen LogP contribution in [0.15, 0.2) is 53.4 Å². The summed E-state index contributed by atoms with van der Waals surface area (Å²) >= 11 is 0. The van der Waals surface area contributed by atoms with E-state index in [1.165, 1.54) is 23.4 Å². The number of para-hydroxylation sites is 1. The number of carbonyl (C=O) groups excluding carboxylic acids is 1. The summed E-state index contributed by atoms with van der Waals surface area (Å²) in [5.74, 6) is -0.195. The Labute approximate surface area is 148 Å². The molecule has 5 nitrogen and oxygen atoms in total. The maximum Gasteiger partial charge on any atom is 0.251 e. The molecule has 0 saturated heterocycles. The number of sulfone groups is 1. The molecule has 1 heterocycles. The third-order valence-electron chi connectivity index (χ3n) is 4.56. The number of hydrogen-bond acceptors (Lipinski definition) is 4. The predicted octanol–water partition coefficient (Wildman–Crippen LogP) is 2.27. The van der Waals surface area contributed by atoms with Crippen molar-refractivity contribution in [3.05, 3.63) is 59.7 Å². The Morgan fingerprint density at radius 2 is 1.84 bits per heavy atom. The average molecular weight is 358 g/mol. The summed E-state index contributed by atoms with van der Waals surface area (Å²) in [5.41, 5.74) is 3.04. The van der Waals surface area contributed by atoms with Crippen LogP contribution in [0.5, 0.6) is 0 Å². The highest BCUT2D eigenvalue weighted by atomic mass is 32.2. The largest absolute Gasteiger partial charge is 0.366 e. The van der Waals surface area contributed by atoms with Crippen LogP contribution in [-0.4, -0.2) is 39.7 Å². The molecule has 1 atom stereocenters. The number of fused-ring (bicyclic) bond motifs is 1. The minimum absolute atomic E-state index is 0.183. The monoisotopic (exact) mass is 358 g/mol. The molecule has 0 unspecified atom stereocenters. The van der Waals surface area contributed by atoms with Crippen molar-refractivity contribution >= 4 is 21.4 Å². The van der Waals surface area contributed by atoms with Crippen LogP contribution in [-0.2, 0) is 16.3 Å². The Morgan fingerprint density at radius 3 is 2.52 bits per heavy atom. The van der Waals surface area contributed by atoms with E-state index >= 15 is 0 Å². The Morgan fingerprint density at radius 1 is 1.16 bits per heavy atom. The van der Waals surface area contributed by atoms with Crippen molar-refractivity contribution in [2.24, 2.45) is 0 Å². The maximum absolute atomic E-state index is 12.3. The quantitative estimate of drug-likeness (QED) is 0.890. The fourth-order valence-corrected chi connectivity index (χ4v) is 3.76. The molecule has 132 valence electrons. The zero-order valence-corrected chi connectivity index (χ0v) is 15.2. The molecule has 1 aliphatic heterocycles. The van der Waals surface area contributed by atoms with Crippen molar-refractivity contribution in [2.45, 2.75) is 24.3 Å². The third-order valence-corrected chi connectivity index (χ3v) is 5.69. The molecule has 0 spiro atoms. The first-order valence-corrected chi connectivity index (χ1v) is 10.2. The van der Waals surface area contributed by atoms with Crippen molar-refractivity contribution in [2.75, 3.05) is 24.2 Å². The highest BCUT2D eigenvalue weighted by Crippen LogP contribution is 2.28. The van der Waals surface area contributed by atoms with Gasteiger partial charge < -0.3 is 10.2 Å². The highest BCUT2D eigenvalue weighted by Gasteiger charge is 2.23. The van der Waals surface area contributed by atoms with Crippen LogP contribution in [0.25, 0.3) is 0 Å². The molecular weight excluding hydrogens is 336 g/mol. The lowest BCUT2D eigenvalue weighted by Gasteiger charge is -2.27. The van der Waals surface area contributed by atoms with Crippen molar-refractivity contribution in [3.63, 3.8) is 0 Å². The predicted molar refractivity (Wildman–Crippen MR) is 98.8 cm³/mol. The van der Waals surface area contributed by atoms with Crippen LogP contribution in [0.3, 0.4) is 0 Å². The molecule has 0 bridgehead atoms. The molecule has 2 aromatic rings. The molecule has 1 amide bonds. The molecule has 3 rings (SSSR count). The fraction of sp³-hybridized carbons (Fsp3) is 0.316. The van der Waals surface area contributed by atoms with Crippen LogP contribution >= 0.6 is 0 Å². The summed E-state index contributed by atoms with van der Waals surface area (Å²) in [7, 11) is -3.25. The molecule has 25 heavy (non-hydrogen) atoms. The van der Waals surface area contributed by atoms with Gasteiger partial charge in [0, 0.05) is 36.6 Å². The number of benzene rings is 2. The molecule has 1 aliphatic rings. The van der Waals surface area contributed by atoms with Gasteiger partial charge >= 0.3 is 0 Å². The van der Waals surface area contributed by atoms with Gasteiger partial charge in [-0.15, -0.1) is 0 Å². The molecule has 0 fully saturated rings. The first-order valence-electron chi connectivity index (χ1n) is 8.29. The molecule has 0 saturated carbocycles. The molecule has 0 radical (unpaired) electrons. The third kappa shape index (κ3) is 3.85. The number of rotatable bonds is 5. The van der Waals surface area contributed by atoms with Crippen molar-refractivity contribution in [1.29, 1.82) is 0 Å². The summed E-state index contributed by atoms with van der Waals surface area (Å²) in [5, 5.41) is 2.93. The molecule has 1 N–H and O–H groups in total. The van der Waals surface area contributed by atoms with Crippen LogP contribution < -0.4 is 10.2 Å². The van der Waals surface area contributed by atoms with Crippen molar-refractivity contribution in [1.82, 2.24) is 5.32 Å². The number of amides is 1. The van der Waals surface area contributed by atoms with Gasteiger partial charge in [0.2, 0.25) is 0 Å². The number of nitrogens with zero attached hydrogens (tertiary/aromatic N) is 1. The van der Waals surface area contributed by atoms with Gasteiger partial charge in [-0.3, -0.25) is 4.79 Å². The molecule has 6 heteroatoms. The van der Waals surface area contributed by atoms with E-state index in [-0.39, 0.29) is 16.8 Å². The SMILES string of the molecule is C[C@H](CNC(=O)c1ccc(S(C)(=O)=O)cc1)N1CCc2ccccc21. The highest BCUT2D eigenvalue weighted by molar-refractivity contribution is 7.90. The van der Waals surface area contributed by atoms with Gasteiger partial charge in [0.05, 0.1) is 4.90 Å². The van der Waals surface area contributed by atoms with Crippen LogP contribution in [0.2, 0.25) is 0 Å². The minimum atomic E-state index is -3.25. The van der Waals surface area contributed by atoms with Gasteiger partial charge in [-0.25, -0.2) is 8.42 Å². The van der Waals surface area contributed by atoms with Crippen molar-refractivity contribution < 1.29 is 13.2 Å². The summed E-state index contributed by atoms with van der Waals surface area (Å²) < 4.78 is 22.9. The summed E-state index contributed by atoms with van der Waals surface area (Å²) in [6.45, 7) is 3.58. The van der Waals surface area contributed by atoms with Gasteiger partial charge in [0.1, 0.15) is 0 Å². The number of anilines is 1. The molecule has 0 aliphatic carbocycles. The molecule has 2 aromatic carbocycles. The second-order valence-electron chi connectivity index (χ2n) is 6.43. The maximum atomic E-state index is 12.3. The standard InChI is InChI=1S/C19H22N2O3S/c1-14(21-12-11-15-5-3-4-6-18(15)21)13-20-19(22)16-7-9-17(10-8-16)25(2,23)24/h3-10,14H,11-13H2,1-2H3,(H,20,22)/t14-/m1/s1. The fourth-order valence-electron chi connectivity index (χ4n) is 3.13. The zero-order chi connectivity index (χ0) is 18.0. The topological polar surface area (TPSA) is 66.5 Å². The zero-order valence-electron chi connectivity index (χ0n) is 14.4. The first kappa shape index (κ1) is 17.5. The van der Waals surface area contributed by atoms with E-state index in [1.807, 2.05) is 6.07 Å². The van der Waals surface area contributed by atoms with Gasteiger partial charge in [-0.05, 0) is 49.2 Å². The summed E-state index contributed by atoms with van der Waals surface area (Å²) in [6, 6.07) is 14.5. The Kier molecular flexibility index (Phi) is 4.81. The number of hydrogen-bond donors (Lipinski definition) is 1. The van der Waals surface area contributed by atoms with E-state index in [2.05, 4.69) is 35.3 Å². The van der Waals surface area contributed by atoms with Gasteiger partial charge in [-0.2, -0.15) is 0 Å². The summed E-state index contributed by atoms with van der Waals surface area (Å²) in [4.78, 5) is 14.8. The average Bonchev–Trinajstić information content (AvgIpc) is 3.03. The van der Waals surface area contributed by atoms with Gasteiger partial charge in [0.15, 0.2) is 9.84 Å². The van der Waals surface area contributed by atoms with Gasteiger partial charge in [0.25, 0.3) is 5.91 Å². The lowest BCUT2D eigenvalue weighted by atomic mass is 10.1. The summed E-state index contributed by atoms with van der Waals surface area (Å²) in [6.07, 6.45) is 2.18. The smallest absolute Gasteiger partial charge is 0.251 e. The van der Waals surface area contributed by atoms with E-state index in [9.17, 15) is 13.2 Å². The molecular formula is C19H22N2O3S. The molecule has 0 aromatic heterocycles. The number of carbonyl (C=O) groups is 1. The Bertz CT molecular complexity index is 876. The van der Waals surface area contributed by atoms with E-state index < -0.39 is 9.84 Å². The minimum Gasteiger partial charge on any atom is -0.366 e. The van der Waals surface area contributed by atoms with Gasteiger partial charge in [-0.1, -0.05) is 18.2 Å². The van der Waals surface area contributed by atoms with Crippen LogP contribution in [0.4, 0.5) is 5.69 Å². The number of nitrogens with one attached hydrogen (secondary N) is 1. The second-order valence-corrected chi connectivity index (χ2v) is 8.44. The first-order chi connectivity index (χ1) is 11.9. The Hall–Kier alpha value is -2.34. The van der Waals surface area contributed by atoms with Crippen molar-refractivity contribution in [3.8, 4) is 0 Å². The van der Waals surface area contributed by atoms with E-state index in [0.717, 1.165) is 19.2 Å². The normalized spacial score (nSPS) is 14.9. The second kappa shape index (κ2) is 6.88. The van der Waals surface area contributed by atoms with E-state index in [4.69, 9.17) is 0 Å². The lowest BCUT2D eigenvalue weighted by Crippen LogP contribution is -2.41. The van der Waals surface area contributed by atoms with Crippen LogP contribution in [0, 0.1) is 0 Å².